The standard InChI is InChI=1S/C30H28N6O3/c1-3-38-29(37)30(13-5-15-39-30)32-18-24-9-8-23(16-20(24)2)26-11-12-27-28(33-26)36(35-34-27)19-21-7-10-25-22(17-21)6-4-14-31-25/h4-12,14-17,32H,3,13,18-19H2,1-2H3. The van der Waals surface area contributed by atoms with E-state index in [4.69, 9.17) is 14.5 Å². The number of esters is 1. The van der Waals surface area contributed by atoms with Gasteiger partial charge in [-0.2, -0.15) is 0 Å². The van der Waals surface area contributed by atoms with Crippen LogP contribution in [0.1, 0.15) is 30.0 Å². The molecule has 1 aliphatic heterocycles. The minimum atomic E-state index is -1.18. The minimum absolute atomic E-state index is 0.296. The van der Waals surface area contributed by atoms with E-state index in [1.54, 1.807) is 19.4 Å². The third kappa shape index (κ3) is 4.84. The molecule has 5 aromatic rings. The summed E-state index contributed by atoms with van der Waals surface area (Å²) in [5.41, 5.74) is 6.30. The number of nitrogens with zero attached hydrogens (tertiary/aromatic N) is 5. The molecule has 0 bridgehead atoms. The molecule has 9 heteroatoms. The van der Waals surface area contributed by atoms with Gasteiger partial charge in [0.2, 0.25) is 0 Å². The Morgan fingerprint density at radius 1 is 1.13 bits per heavy atom. The average Bonchev–Trinajstić information content (AvgIpc) is 3.60. The van der Waals surface area contributed by atoms with Gasteiger partial charge < -0.3 is 9.47 Å². The van der Waals surface area contributed by atoms with Crippen LogP contribution in [0, 0.1) is 6.92 Å². The van der Waals surface area contributed by atoms with E-state index in [1.165, 1.54) is 0 Å². The largest absolute Gasteiger partial charge is 0.469 e. The van der Waals surface area contributed by atoms with Gasteiger partial charge in [-0.15, -0.1) is 5.10 Å². The second-order valence-electron chi connectivity index (χ2n) is 9.55. The second-order valence-corrected chi connectivity index (χ2v) is 9.55. The van der Waals surface area contributed by atoms with Gasteiger partial charge in [0.05, 0.1) is 30.6 Å². The number of pyridine rings is 2. The fraction of sp³-hybridized carbons (Fsp3) is 0.233. The number of carbonyl (C=O) groups excluding carboxylic acids is 1. The molecule has 39 heavy (non-hydrogen) atoms. The van der Waals surface area contributed by atoms with E-state index in [0.717, 1.165) is 50.0 Å². The molecule has 9 nitrogen and oxygen atoms in total. The fourth-order valence-corrected chi connectivity index (χ4v) is 4.80. The van der Waals surface area contributed by atoms with Crippen LogP contribution in [0.5, 0.6) is 0 Å². The topological polar surface area (TPSA) is 104 Å². The van der Waals surface area contributed by atoms with Crippen LogP contribution in [0.25, 0.3) is 33.3 Å². The summed E-state index contributed by atoms with van der Waals surface area (Å²) < 4.78 is 12.7. The number of nitrogens with one attached hydrogen (secondary N) is 1. The van der Waals surface area contributed by atoms with Crippen LogP contribution in [0.15, 0.2) is 79.2 Å². The number of rotatable bonds is 8. The average molecular weight is 521 g/mol. The molecular formula is C30H28N6O3. The molecule has 0 spiro atoms. The molecule has 196 valence electrons. The zero-order valence-electron chi connectivity index (χ0n) is 21.8. The summed E-state index contributed by atoms with van der Waals surface area (Å²) in [6, 6.07) is 20.3. The summed E-state index contributed by atoms with van der Waals surface area (Å²) in [5, 5.41) is 13.0. The number of carbonyl (C=O) groups is 1. The molecule has 0 aliphatic carbocycles. The summed E-state index contributed by atoms with van der Waals surface area (Å²) >= 11 is 0. The van der Waals surface area contributed by atoms with E-state index in [0.29, 0.717) is 26.1 Å². The zero-order chi connectivity index (χ0) is 26.8. The molecule has 1 aliphatic rings. The third-order valence-electron chi connectivity index (χ3n) is 6.94. The summed E-state index contributed by atoms with van der Waals surface area (Å²) in [6.07, 6.45) is 5.58. The maximum atomic E-state index is 12.5. The quantitative estimate of drug-likeness (QED) is 0.294. The van der Waals surface area contributed by atoms with Crippen LogP contribution >= 0.6 is 0 Å². The molecule has 0 saturated carbocycles. The first-order valence-electron chi connectivity index (χ1n) is 12.9. The van der Waals surface area contributed by atoms with E-state index in [1.807, 2.05) is 54.1 Å². The lowest BCUT2D eigenvalue weighted by Gasteiger charge is -2.27. The van der Waals surface area contributed by atoms with Crippen LogP contribution in [0.3, 0.4) is 0 Å². The Morgan fingerprint density at radius 3 is 2.85 bits per heavy atom. The zero-order valence-corrected chi connectivity index (χ0v) is 21.8. The summed E-state index contributed by atoms with van der Waals surface area (Å²) in [4.78, 5) is 21.8. The normalized spacial score (nSPS) is 16.6. The molecule has 4 heterocycles. The van der Waals surface area contributed by atoms with Crippen molar-refractivity contribution in [2.45, 2.75) is 39.1 Å². The van der Waals surface area contributed by atoms with Crippen LogP contribution in [-0.4, -0.2) is 43.3 Å². The maximum Gasteiger partial charge on any atom is 0.366 e. The molecule has 0 fully saturated rings. The van der Waals surface area contributed by atoms with Crippen molar-refractivity contribution in [3.05, 3.63) is 95.9 Å². The molecular weight excluding hydrogens is 492 g/mol. The summed E-state index contributed by atoms with van der Waals surface area (Å²) in [7, 11) is 0. The van der Waals surface area contributed by atoms with Crippen molar-refractivity contribution in [2.24, 2.45) is 0 Å². The molecule has 1 unspecified atom stereocenters. The van der Waals surface area contributed by atoms with Gasteiger partial charge in [0.15, 0.2) is 5.65 Å². The van der Waals surface area contributed by atoms with E-state index < -0.39 is 11.7 Å². The number of aromatic nitrogens is 5. The van der Waals surface area contributed by atoms with Crippen LogP contribution in [0.4, 0.5) is 0 Å². The summed E-state index contributed by atoms with van der Waals surface area (Å²) in [6.45, 7) is 5.14. The molecule has 6 rings (SSSR count). The van der Waals surface area contributed by atoms with Crippen molar-refractivity contribution in [1.82, 2.24) is 30.3 Å². The van der Waals surface area contributed by atoms with Crippen molar-refractivity contribution in [2.75, 3.05) is 6.61 Å². The Bertz CT molecular complexity index is 1700. The predicted octanol–water partition coefficient (Wildman–Crippen LogP) is 4.68. The number of hydrogen-bond donors (Lipinski definition) is 1. The predicted molar refractivity (Wildman–Crippen MR) is 147 cm³/mol. The lowest BCUT2D eigenvalue weighted by atomic mass is 10.0. The van der Waals surface area contributed by atoms with Gasteiger partial charge in [0, 0.05) is 30.1 Å². The van der Waals surface area contributed by atoms with Crippen molar-refractivity contribution >= 4 is 28.0 Å². The van der Waals surface area contributed by atoms with Gasteiger partial charge in [-0.25, -0.2) is 14.5 Å². The van der Waals surface area contributed by atoms with Gasteiger partial charge in [0.25, 0.3) is 5.72 Å². The van der Waals surface area contributed by atoms with E-state index in [2.05, 4.69) is 44.9 Å². The minimum Gasteiger partial charge on any atom is -0.469 e. The fourth-order valence-electron chi connectivity index (χ4n) is 4.80. The molecule has 2 aromatic carbocycles. The number of aryl methyl sites for hydroxylation is 1. The van der Waals surface area contributed by atoms with Crippen molar-refractivity contribution < 1.29 is 14.3 Å². The van der Waals surface area contributed by atoms with Crippen LogP contribution < -0.4 is 5.32 Å². The molecule has 1 atom stereocenters. The maximum absolute atomic E-state index is 12.5. The Balaban J connectivity index is 1.22. The first kappa shape index (κ1) is 24.7. The molecule has 0 amide bonds. The Morgan fingerprint density at radius 2 is 2.03 bits per heavy atom. The SMILES string of the molecule is CCOC(=O)C1(NCc2ccc(-c3ccc4nnn(Cc5ccc6ncccc6c5)c4n3)cc2C)CC=CO1. The van der Waals surface area contributed by atoms with Crippen LogP contribution in [-0.2, 0) is 27.4 Å². The highest BCUT2D eigenvalue weighted by molar-refractivity contribution is 5.80. The third-order valence-corrected chi connectivity index (χ3v) is 6.94. The number of hydrogen-bond acceptors (Lipinski definition) is 8. The first-order chi connectivity index (χ1) is 19.0. The number of ether oxygens (including phenoxy) is 2. The molecule has 0 saturated heterocycles. The first-order valence-corrected chi connectivity index (χ1v) is 12.9. The Labute approximate surface area is 225 Å². The van der Waals surface area contributed by atoms with Gasteiger partial charge in [-0.3, -0.25) is 10.3 Å². The molecule has 0 radical (unpaired) electrons. The summed E-state index contributed by atoms with van der Waals surface area (Å²) in [5.74, 6) is -0.410. The number of fused-ring (bicyclic) bond motifs is 2. The van der Waals surface area contributed by atoms with Gasteiger partial charge in [-0.05, 0) is 73.0 Å². The van der Waals surface area contributed by atoms with Crippen molar-refractivity contribution in [1.29, 1.82) is 0 Å². The van der Waals surface area contributed by atoms with E-state index in [9.17, 15) is 4.79 Å². The van der Waals surface area contributed by atoms with Gasteiger partial charge in [0.1, 0.15) is 5.52 Å². The molecule has 3 aromatic heterocycles. The van der Waals surface area contributed by atoms with E-state index in [-0.39, 0.29) is 0 Å². The highest BCUT2D eigenvalue weighted by Crippen LogP contribution is 2.26. The highest BCUT2D eigenvalue weighted by atomic mass is 16.6. The number of benzene rings is 2. The highest BCUT2D eigenvalue weighted by Gasteiger charge is 2.42. The van der Waals surface area contributed by atoms with Crippen LogP contribution in [0.2, 0.25) is 0 Å². The Hall–Kier alpha value is -4.63. The van der Waals surface area contributed by atoms with Crippen molar-refractivity contribution in [3.8, 4) is 11.3 Å². The smallest absolute Gasteiger partial charge is 0.366 e. The second kappa shape index (κ2) is 10.3. The molecule has 1 N–H and O–H groups in total. The Kier molecular flexibility index (Phi) is 6.50. The lowest BCUT2D eigenvalue weighted by molar-refractivity contribution is -0.167. The van der Waals surface area contributed by atoms with Gasteiger partial charge in [-0.1, -0.05) is 29.5 Å². The monoisotopic (exact) mass is 520 g/mol. The van der Waals surface area contributed by atoms with Gasteiger partial charge >= 0.3 is 5.97 Å². The van der Waals surface area contributed by atoms with Crippen molar-refractivity contribution in [3.63, 3.8) is 0 Å². The van der Waals surface area contributed by atoms with E-state index >= 15 is 0 Å². The lowest BCUT2D eigenvalue weighted by Crippen LogP contribution is -2.52.